The Morgan fingerprint density at radius 1 is 1.47 bits per heavy atom. The van der Waals surface area contributed by atoms with Gasteiger partial charge in [0.2, 0.25) is 0 Å². The lowest BCUT2D eigenvalue weighted by atomic mass is 10.2. The van der Waals surface area contributed by atoms with Crippen molar-refractivity contribution >= 4 is 11.9 Å². The number of aryl methyl sites for hydroxylation is 1. The third-order valence-electron chi connectivity index (χ3n) is 2.51. The van der Waals surface area contributed by atoms with Crippen LogP contribution in [0.5, 0.6) is 0 Å². The molecule has 0 saturated heterocycles. The molecule has 9 heteroatoms. The van der Waals surface area contributed by atoms with E-state index < -0.39 is 11.9 Å². The monoisotopic (exact) mass is 265 g/mol. The first-order valence-corrected chi connectivity index (χ1v) is 5.25. The van der Waals surface area contributed by atoms with Gasteiger partial charge in [-0.1, -0.05) is 0 Å². The summed E-state index contributed by atoms with van der Waals surface area (Å²) in [6.45, 7) is 0.141. The fraction of sp³-hybridized carbons (Fsp3) is 0.300. The molecule has 2 aromatic rings. The number of carboxylic acid groups (broad SMARTS) is 1. The first-order chi connectivity index (χ1) is 9.02. The van der Waals surface area contributed by atoms with Crippen molar-refractivity contribution in [3.63, 3.8) is 0 Å². The summed E-state index contributed by atoms with van der Waals surface area (Å²) >= 11 is 0. The highest BCUT2D eigenvalue weighted by Crippen LogP contribution is 2.09. The number of aromatic carboxylic acids is 1. The summed E-state index contributed by atoms with van der Waals surface area (Å²) in [7, 11) is 2.85. The number of esters is 1. The van der Waals surface area contributed by atoms with Gasteiger partial charge < -0.3 is 9.84 Å². The average Bonchev–Trinajstić information content (AvgIpc) is 2.97. The quantitative estimate of drug-likeness (QED) is 0.744. The Morgan fingerprint density at radius 3 is 2.84 bits per heavy atom. The molecule has 19 heavy (non-hydrogen) atoms. The maximum atomic E-state index is 11.2. The summed E-state index contributed by atoms with van der Waals surface area (Å²) in [5, 5.41) is 16.8. The summed E-state index contributed by atoms with van der Waals surface area (Å²) in [6.07, 6.45) is 2.58. The number of carboxylic acids is 1. The predicted molar refractivity (Wildman–Crippen MR) is 60.6 cm³/mol. The molecular weight excluding hydrogens is 254 g/mol. The molecule has 0 aromatic carbocycles. The van der Waals surface area contributed by atoms with Crippen molar-refractivity contribution in [1.29, 1.82) is 0 Å². The van der Waals surface area contributed by atoms with E-state index >= 15 is 0 Å². The van der Waals surface area contributed by atoms with Crippen LogP contribution in [0.15, 0.2) is 12.5 Å². The minimum atomic E-state index is -1.07. The maximum absolute atomic E-state index is 11.2. The summed E-state index contributed by atoms with van der Waals surface area (Å²) in [4.78, 5) is 26.0. The fourth-order valence-electron chi connectivity index (χ4n) is 1.54. The lowest BCUT2D eigenvalue weighted by Crippen LogP contribution is -2.11. The van der Waals surface area contributed by atoms with Crippen LogP contribution >= 0.6 is 0 Å². The summed E-state index contributed by atoms with van der Waals surface area (Å²) < 4.78 is 7.26. The molecule has 2 heterocycles. The molecule has 0 aliphatic heterocycles. The molecule has 0 aliphatic carbocycles. The second kappa shape index (κ2) is 4.88. The van der Waals surface area contributed by atoms with Crippen LogP contribution in [0.3, 0.4) is 0 Å². The second-order valence-corrected chi connectivity index (χ2v) is 3.69. The van der Waals surface area contributed by atoms with Crippen LogP contribution in [0, 0.1) is 0 Å². The van der Waals surface area contributed by atoms with Crippen LogP contribution in [0.1, 0.15) is 26.7 Å². The van der Waals surface area contributed by atoms with Crippen molar-refractivity contribution in [3.8, 4) is 0 Å². The molecule has 0 aliphatic rings. The van der Waals surface area contributed by atoms with Gasteiger partial charge in [-0.05, 0) is 0 Å². The van der Waals surface area contributed by atoms with Crippen LogP contribution in [0.25, 0.3) is 0 Å². The van der Waals surface area contributed by atoms with E-state index in [0.29, 0.717) is 5.69 Å². The Balaban J connectivity index is 2.26. The largest absolute Gasteiger partial charge is 0.478 e. The summed E-state index contributed by atoms with van der Waals surface area (Å²) in [5.41, 5.74) is 0.534. The first kappa shape index (κ1) is 12.7. The number of ether oxygens (including phenoxy) is 1. The molecule has 0 radical (unpaired) electrons. The number of aromatic nitrogens is 5. The number of rotatable bonds is 4. The van der Waals surface area contributed by atoms with Gasteiger partial charge in [0.15, 0.2) is 0 Å². The van der Waals surface area contributed by atoms with E-state index in [9.17, 15) is 9.59 Å². The van der Waals surface area contributed by atoms with Gasteiger partial charge in [-0.2, -0.15) is 5.10 Å². The van der Waals surface area contributed by atoms with Crippen LogP contribution < -0.4 is 0 Å². The summed E-state index contributed by atoms with van der Waals surface area (Å²) in [5.74, 6) is -1.81. The molecule has 0 spiro atoms. The molecule has 0 unspecified atom stereocenters. The van der Waals surface area contributed by atoms with E-state index in [1.54, 1.807) is 7.05 Å². The lowest BCUT2D eigenvalue weighted by Gasteiger charge is -2.03. The highest BCUT2D eigenvalue weighted by Gasteiger charge is 2.17. The number of nitrogens with zero attached hydrogens (tertiary/aromatic N) is 5. The third kappa shape index (κ3) is 2.44. The Kier molecular flexibility index (Phi) is 3.27. The molecule has 0 amide bonds. The molecule has 1 N–H and O–H groups in total. The Bertz CT molecular complexity index is 630. The minimum Gasteiger partial charge on any atom is -0.478 e. The number of carbonyl (C=O) groups excluding carboxylic acids is 1. The number of hydrogen-bond donors (Lipinski definition) is 1. The van der Waals surface area contributed by atoms with Gasteiger partial charge in [0.25, 0.3) is 5.82 Å². The van der Waals surface area contributed by atoms with Crippen molar-refractivity contribution in [2.45, 2.75) is 6.54 Å². The summed E-state index contributed by atoms with van der Waals surface area (Å²) in [6, 6.07) is 0. The van der Waals surface area contributed by atoms with Crippen LogP contribution in [0.4, 0.5) is 0 Å². The second-order valence-electron chi connectivity index (χ2n) is 3.69. The first-order valence-electron chi connectivity index (χ1n) is 5.25. The van der Waals surface area contributed by atoms with Crippen LogP contribution in [-0.4, -0.2) is 48.7 Å². The topological polar surface area (TPSA) is 112 Å². The van der Waals surface area contributed by atoms with Gasteiger partial charge >= 0.3 is 11.9 Å². The Labute approximate surface area is 107 Å². The van der Waals surface area contributed by atoms with Crippen molar-refractivity contribution in [1.82, 2.24) is 24.5 Å². The molecule has 2 rings (SSSR count). The normalized spacial score (nSPS) is 10.4. The number of carbonyl (C=O) groups is 2. The van der Waals surface area contributed by atoms with Gasteiger partial charge in [-0.15, -0.1) is 5.10 Å². The van der Waals surface area contributed by atoms with Crippen LogP contribution in [0.2, 0.25) is 0 Å². The molecule has 0 fully saturated rings. The van der Waals surface area contributed by atoms with Gasteiger partial charge in [0.05, 0.1) is 25.5 Å². The van der Waals surface area contributed by atoms with Crippen LogP contribution in [-0.2, 0) is 18.3 Å². The predicted octanol–water partition coefficient (Wildman–Crippen LogP) is -0.455. The molecule has 100 valence electrons. The Hall–Kier alpha value is -2.71. The van der Waals surface area contributed by atoms with Crippen molar-refractivity contribution in [3.05, 3.63) is 29.6 Å². The highest BCUT2D eigenvalue weighted by atomic mass is 16.5. The van der Waals surface area contributed by atoms with Gasteiger partial charge in [0, 0.05) is 7.05 Å². The van der Waals surface area contributed by atoms with Gasteiger partial charge in [-0.25, -0.2) is 19.3 Å². The van der Waals surface area contributed by atoms with E-state index in [1.165, 1.54) is 29.0 Å². The molecule has 0 bridgehead atoms. The molecule has 0 atom stereocenters. The van der Waals surface area contributed by atoms with Gasteiger partial charge in [0.1, 0.15) is 11.9 Å². The fourth-order valence-corrected chi connectivity index (χ4v) is 1.54. The molecule has 9 nitrogen and oxygen atoms in total. The molecule has 2 aromatic heterocycles. The van der Waals surface area contributed by atoms with E-state index in [1.807, 2.05) is 0 Å². The molecular formula is C10H11N5O4. The van der Waals surface area contributed by atoms with E-state index in [0.717, 1.165) is 0 Å². The highest BCUT2D eigenvalue weighted by molar-refractivity contribution is 5.88. The minimum absolute atomic E-state index is 0.0811. The Morgan fingerprint density at radius 2 is 2.21 bits per heavy atom. The zero-order chi connectivity index (χ0) is 14.0. The molecule has 0 saturated carbocycles. The van der Waals surface area contributed by atoms with E-state index in [2.05, 4.69) is 19.9 Å². The lowest BCUT2D eigenvalue weighted by molar-refractivity contribution is 0.0585. The SMILES string of the molecule is COC(=O)c1ncn(Cc2c(C(=O)O)cnn2C)n1. The van der Waals surface area contributed by atoms with Crippen molar-refractivity contribution < 1.29 is 19.4 Å². The van der Waals surface area contributed by atoms with E-state index in [4.69, 9.17) is 5.11 Å². The number of hydrogen-bond acceptors (Lipinski definition) is 6. The zero-order valence-corrected chi connectivity index (χ0v) is 10.3. The van der Waals surface area contributed by atoms with E-state index in [-0.39, 0.29) is 17.9 Å². The maximum Gasteiger partial charge on any atom is 0.377 e. The third-order valence-corrected chi connectivity index (χ3v) is 2.51. The standard InChI is InChI=1S/C10H11N5O4/c1-14-7(6(3-12-14)9(16)17)4-15-5-11-8(13-15)10(18)19-2/h3,5H,4H2,1-2H3,(H,16,17). The smallest absolute Gasteiger partial charge is 0.377 e. The van der Waals surface area contributed by atoms with Crippen molar-refractivity contribution in [2.75, 3.05) is 7.11 Å². The van der Waals surface area contributed by atoms with Crippen molar-refractivity contribution in [2.24, 2.45) is 7.05 Å². The number of methoxy groups -OCH3 is 1. The average molecular weight is 265 g/mol. The zero-order valence-electron chi connectivity index (χ0n) is 10.3. The van der Waals surface area contributed by atoms with Gasteiger partial charge in [-0.3, -0.25) is 4.68 Å².